The van der Waals surface area contributed by atoms with Gasteiger partial charge in [-0.05, 0) is 32.2 Å². The lowest BCUT2D eigenvalue weighted by molar-refractivity contribution is 0.338. The molecule has 0 radical (unpaired) electrons. The van der Waals surface area contributed by atoms with Crippen LogP contribution in [0.3, 0.4) is 0 Å². The van der Waals surface area contributed by atoms with Crippen molar-refractivity contribution in [3.63, 3.8) is 0 Å². The molecule has 2 unspecified atom stereocenters. The summed E-state index contributed by atoms with van der Waals surface area (Å²) in [6.45, 7) is 9.58. The normalized spacial score (nSPS) is 28.0. The van der Waals surface area contributed by atoms with Crippen molar-refractivity contribution in [2.75, 3.05) is 6.54 Å². The molecule has 1 heterocycles. The molecule has 0 aromatic heterocycles. The molecule has 2 atom stereocenters. The van der Waals surface area contributed by atoms with Crippen LogP contribution in [0.2, 0.25) is 0 Å². The van der Waals surface area contributed by atoms with Gasteiger partial charge < -0.3 is 5.32 Å². The van der Waals surface area contributed by atoms with Crippen LogP contribution in [0, 0.1) is 5.92 Å². The molecule has 0 aromatic carbocycles. The van der Waals surface area contributed by atoms with Crippen molar-refractivity contribution in [1.82, 2.24) is 5.32 Å². The topological polar surface area (TPSA) is 12.0 Å². The van der Waals surface area contributed by atoms with Gasteiger partial charge in [0.25, 0.3) is 0 Å². The van der Waals surface area contributed by atoms with Gasteiger partial charge in [-0.1, -0.05) is 25.5 Å². The van der Waals surface area contributed by atoms with Gasteiger partial charge in [0, 0.05) is 6.04 Å². The van der Waals surface area contributed by atoms with E-state index < -0.39 is 0 Å². The zero-order chi connectivity index (χ0) is 8.27. The Morgan fingerprint density at radius 3 is 2.73 bits per heavy atom. The molecule has 0 saturated carbocycles. The van der Waals surface area contributed by atoms with E-state index in [0.29, 0.717) is 12.0 Å². The zero-order valence-corrected chi connectivity index (χ0v) is 7.69. The molecular formula is C10H19N. The molecular weight excluding hydrogens is 134 g/mol. The first kappa shape index (κ1) is 8.79. The lowest BCUT2D eigenvalue weighted by Gasteiger charge is -2.29. The molecule has 1 aliphatic rings. The summed E-state index contributed by atoms with van der Waals surface area (Å²) < 4.78 is 0. The Bertz CT molecular complexity index is 134. The average molecular weight is 153 g/mol. The molecule has 0 bridgehead atoms. The fraction of sp³-hybridized carbons (Fsp3) is 0.800. The van der Waals surface area contributed by atoms with Crippen molar-refractivity contribution in [3.8, 4) is 0 Å². The summed E-state index contributed by atoms with van der Waals surface area (Å²) >= 11 is 0. The van der Waals surface area contributed by atoms with Crippen molar-refractivity contribution in [3.05, 3.63) is 12.2 Å². The Hall–Kier alpha value is -0.300. The highest BCUT2D eigenvalue weighted by molar-refractivity contribution is 4.99. The van der Waals surface area contributed by atoms with Gasteiger partial charge >= 0.3 is 0 Å². The maximum Gasteiger partial charge on any atom is 0.0130 e. The van der Waals surface area contributed by atoms with Crippen LogP contribution in [0.15, 0.2) is 12.2 Å². The summed E-state index contributed by atoms with van der Waals surface area (Å²) in [5.41, 5.74) is 1.31. The second-order valence-electron chi connectivity index (χ2n) is 3.69. The fourth-order valence-electron chi connectivity index (χ4n) is 1.65. The number of piperidine rings is 1. The first-order valence-corrected chi connectivity index (χ1v) is 4.60. The van der Waals surface area contributed by atoms with E-state index in [9.17, 15) is 0 Å². The second kappa shape index (κ2) is 3.91. The van der Waals surface area contributed by atoms with E-state index >= 15 is 0 Å². The quantitative estimate of drug-likeness (QED) is 0.600. The molecule has 1 aliphatic heterocycles. The van der Waals surface area contributed by atoms with Crippen LogP contribution in [0.5, 0.6) is 0 Å². The molecule has 0 amide bonds. The van der Waals surface area contributed by atoms with Gasteiger partial charge in [-0.2, -0.15) is 0 Å². The Kier molecular flexibility index (Phi) is 3.13. The summed E-state index contributed by atoms with van der Waals surface area (Å²) in [5, 5.41) is 3.54. The smallest absolute Gasteiger partial charge is 0.0130 e. The third kappa shape index (κ3) is 2.33. The summed E-state index contributed by atoms with van der Waals surface area (Å²) in [7, 11) is 0. The highest BCUT2D eigenvalue weighted by Gasteiger charge is 2.19. The predicted molar refractivity (Wildman–Crippen MR) is 49.6 cm³/mol. The second-order valence-corrected chi connectivity index (χ2v) is 3.69. The molecule has 1 fully saturated rings. The average Bonchev–Trinajstić information content (AvgIpc) is 2.05. The molecule has 0 aromatic rings. The summed E-state index contributed by atoms with van der Waals surface area (Å²) in [5.74, 6) is 0.648. The van der Waals surface area contributed by atoms with Crippen molar-refractivity contribution in [1.29, 1.82) is 0 Å². The maximum atomic E-state index is 3.99. The summed E-state index contributed by atoms with van der Waals surface area (Å²) in [6.07, 6.45) is 4.06. The van der Waals surface area contributed by atoms with Crippen molar-refractivity contribution in [2.24, 2.45) is 5.92 Å². The van der Waals surface area contributed by atoms with Gasteiger partial charge in [0.2, 0.25) is 0 Å². The van der Waals surface area contributed by atoms with Gasteiger partial charge in [0.15, 0.2) is 0 Å². The van der Waals surface area contributed by atoms with Crippen molar-refractivity contribution >= 4 is 0 Å². The molecule has 11 heavy (non-hydrogen) atoms. The highest BCUT2D eigenvalue weighted by atomic mass is 14.9. The minimum atomic E-state index is 0.648. The van der Waals surface area contributed by atoms with Crippen LogP contribution in [-0.4, -0.2) is 12.6 Å². The number of hydrogen-bond donors (Lipinski definition) is 1. The predicted octanol–water partition coefficient (Wildman–Crippen LogP) is 2.34. The number of rotatable bonds is 2. The van der Waals surface area contributed by atoms with E-state index in [0.717, 1.165) is 0 Å². The Morgan fingerprint density at radius 1 is 1.55 bits per heavy atom. The van der Waals surface area contributed by atoms with Gasteiger partial charge in [-0.15, -0.1) is 0 Å². The largest absolute Gasteiger partial charge is 0.313 e. The molecule has 0 spiro atoms. The molecule has 0 aliphatic carbocycles. The van der Waals surface area contributed by atoms with E-state index in [-0.39, 0.29) is 0 Å². The molecule has 1 heteroatoms. The van der Waals surface area contributed by atoms with Crippen LogP contribution >= 0.6 is 0 Å². The van der Waals surface area contributed by atoms with Gasteiger partial charge in [0.1, 0.15) is 0 Å². The first-order valence-electron chi connectivity index (χ1n) is 4.60. The summed E-state index contributed by atoms with van der Waals surface area (Å²) in [6, 6.07) is 0.696. The van der Waals surface area contributed by atoms with Crippen LogP contribution in [0.1, 0.15) is 33.1 Å². The minimum absolute atomic E-state index is 0.648. The SMILES string of the molecule is C=C(C)C(C)C1CCCCN1. The fourth-order valence-corrected chi connectivity index (χ4v) is 1.65. The molecule has 1 nitrogen and oxygen atoms in total. The third-order valence-corrected chi connectivity index (χ3v) is 2.73. The van der Waals surface area contributed by atoms with Crippen molar-refractivity contribution < 1.29 is 0 Å². The van der Waals surface area contributed by atoms with Gasteiger partial charge in [-0.3, -0.25) is 0 Å². The van der Waals surface area contributed by atoms with E-state index in [1.165, 1.54) is 31.4 Å². The Balaban J connectivity index is 2.38. The van der Waals surface area contributed by atoms with E-state index in [2.05, 4.69) is 25.7 Å². The van der Waals surface area contributed by atoms with Gasteiger partial charge in [-0.25, -0.2) is 0 Å². The Morgan fingerprint density at radius 2 is 2.27 bits per heavy atom. The van der Waals surface area contributed by atoms with E-state index in [4.69, 9.17) is 0 Å². The third-order valence-electron chi connectivity index (χ3n) is 2.73. The lowest BCUT2D eigenvalue weighted by Crippen LogP contribution is -2.39. The highest BCUT2D eigenvalue weighted by Crippen LogP contribution is 2.19. The monoisotopic (exact) mass is 153 g/mol. The minimum Gasteiger partial charge on any atom is -0.313 e. The maximum absolute atomic E-state index is 3.99. The standard InChI is InChI=1S/C10H19N/c1-8(2)9(3)10-6-4-5-7-11-10/h9-11H,1,4-7H2,2-3H3. The lowest BCUT2D eigenvalue weighted by atomic mass is 9.89. The van der Waals surface area contributed by atoms with E-state index in [1.54, 1.807) is 0 Å². The van der Waals surface area contributed by atoms with Crippen LogP contribution in [0.4, 0.5) is 0 Å². The van der Waals surface area contributed by atoms with E-state index in [1.807, 2.05) is 0 Å². The molecule has 1 N–H and O–H groups in total. The molecule has 1 saturated heterocycles. The van der Waals surface area contributed by atoms with Crippen molar-refractivity contribution in [2.45, 2.75) is 39.2 Å². The number of nitrogens with one attached hydrogen (secondary N) is 1. The van der Waals surface area contributed by atoms with Gasteiger partial charge in [0.05, 0.1) is 0 Å². The van der Waals surface area contributed by atoms with Crippen LogP contribution in [-0.2, 0) is 0 Å². The molecule has 64 valence electrons. The first-order chi connectivity index (χ1) is 5.22. The van der Waals surface area contributed by atoms with Crippen LogP contribution in [0.25, 0.3) is 0 Å². The molecule has 1 rings (SSSR count). The number of hydrogen-bond acceptors (Lipinski definition) is 1. The summed E-state index contributed by atoms with van der Waals surface area (Å²) in [4.78, 5) is 0. The zero-order valence-electron chi connectivity index (χ0n) is 7.69. The van der Waals surface area contributed by atoms with Crippen LogP contribution < -0.4 is 5.32 Å². The Labute approximate surface area is 69.9 Å².